The molecule has 0 amide bonds. The molecule has 0 aromatic heterocycles. The summed E-state index contributed by atoms with van der Waals surface area (Å²) in [6, 6.07) is 33.9. The number of fused-ring (bicyclic) bond motifs is 4. The number of rotatable bonds is 0. The zero-order valence-corrected chi connectivity index (χ0v) is 31.6. The monoisotopic (exact) mass is 654 g/mol. The summed E-state index contributed by atoms with van der Waals surface area (Å²) in [5, 5.41) is 9.94. The van der Waals surface area contributed by atoms with Crippen molar-refractivity contribution in [2.75, 3.05) is 36.9 Å². The molecule has 3 aliphatic heterocycles. The molecule has 4 nitrogen and oxygen atoms in total. The van der Waals surface area contributed by atoms with E-state index in [1.54, 1.807) is 11.1 Å². The Morgan fingerprint density at radius 1 is 0.417 bits per heavy atom. The molecule has 0 unspecified atom stereocenters. The summed E-state index contributed by atoms with van der Waals surface area (Å²) in [5.74, 6) is 0.966. The zero-order chi connectivity index (χ0) is 35.2. The second-order valence-corrected chi connectivity index (χ2v) is 10.6. The van der Waals surface area contributed by atoms with Crippen LogP contribution in [0.3, 0.4) is 0 Å². The Balaban J connectivity index is 0.000000299. The van der Waals surface area contributed by atoms with Crippen LogP contribution >= 0.6 is 0 Å². The maximum atomic E-state index is 5.36. The van der Waals surface area contributed by atoms with Gasteiger partial charge in [0.15, 0.2) is 0 Å². The second kappa shape index (κ2) is 28.3. The molecule has 1 aliphatic carbocycles. The van der Waals surface area contributed by atoms with Gasteiger partial charge in [0.25, 0.3) is 0 Å². The molecule has 0 fully saturated rings. The molecule has 0 saturated heterocycles. The maximum Gasteiger partial charge on any atom is 0.142 e. The van der Waals surface area contributed by atoms with Crippen molar-refractivity contribution >= 4 is 11.4 Å². The highest BCUT2D eigenvalue weighted by molar-refractivity contribution is 5.57. The molecular formula is C44H67N3O. The van der Waals surface area contributed by atoms with Crippen LogP contribution in [-0.4, -0.2) is 26.2 Å². The van der Waals surface area contributed by atoms with Crippen LogP contribution in [0.2, 0.25) is 0 Å². The van der Waals surface area contributed by atoms with E-state index in [2.05, 4.69) is 88.7 Å². The lowest BCUT2D eigenvalue weighted by Gasteiger charge is -2.17. The van der Waals surface area contributed by atoms with Gasteiger partial charge in [-0.3, -0.25) is 0 Å². The molecule has 264 valence electrons. The van der Waals surface area contributed by atoms with Crippen LogP contribution in [0.25, 0.3) is 0 Å². The van der Waals surface area contributed by atoms with Crippen LogP contribution < -0.4 is 20.7 Å². The summed E-state index contributed by atoms with van der Waals surface area (Å²) >= 11 is 0. The first-order valence-electron chi connectivity index (χ1n) is 19.0. The predicted molar refractivity (Wildman–Crippen MR) is 214 cm³/mol. The summed E-state index contributed by atoms with van der Waals surface area (Å²) < 4.78 is 5.36. The van der Waals surface area contributed by atoms with Crippen LogP contribution in [0.5, 0.6) is 5.75 Å². The number of para-hydroxylation sites is 3. The molecule has 0 bridgehead atoms. The van der Waals surface area contributed by atoms with E-state index < -0.39 is 0 Å². The lowest BCUT2D eigenvalue weighted by molar-refractivity contribution is 0.323. The molecule has 0 spiro atoms. The predicted octanol–water partition coefficient (Wildman–Crippen LogP) is 11.5. The van der Waals surface area contributed by atoms with Gasteiger partial charge in [0.1, 0.15) is 12.4 Å². The Morgan fingerprint density at radius 3 is 1.44 bits per heavy atom. The highest BCUT2D eigenvalue weighted by Gasteiger charge is 2.08. The number of aryl methyl sites for hydroxylation is 3. The summed E-state index contributed by atoms with van der Waals surface area (Å²) in [6.07, 6.45) is 9.08. The van der Waals surface area contributed by atoms with Gasteiger partial charge in [0, 0.05) is 25.3 Å². The van der Waals surface area contributed by atoms with Gasteiger partial charge in [0.2, 0.25) is 0 Å². The number of ether oxygens (including phenoxy) is 1. The van der Waals surface area contributed by atoms with Gasteiger partial charge < -0.3 is 20.7 Å². The third-order valence-corrected chi connectivity index (χ3v) is 7.78. The highest BCUT2D eigenvalue weighted by atomic mass is 16.5. The Hall–Kier alpha value is -3.76. The molecule has 3 N–H and O–H groups in total. The van der Waals surface area contributed by atoms with E-state index >= 15 is 0 Å². The molecule has 4 aromatic carbocycles. The van der Waals surface area contributed by atoms with Crippen molar-refractivity contribution in [1.29, 1.82) is 0 Å². The average molecular weight is 654 g/mol. The van der Waals surface area contributed by atoms with Gasteiger partial charge in [-0.1, -0.05) is 134 Å². The summed E-state index contributed by atoms with van der Waals surface area (Å²) in [5.41, 5.74) is 10.0. The van der Waals surface area contributed by atoms with E-state index in [1.165, 1.54) is 67.3 Å². The van der Waals surface area contributed by atoms with E-state index in [-0.39, 0.29) is 0 Å². The summed E-state index contributed by atoms with van der Waals surface area (Å²) in [4.78, 5) is 0. The Kier molecular flexibility index (Phi) is 24.9. The number of anilines is 2. The average Bonchev–Trinajstić information content (AvgIpc) is 3.22. The van der Waals surface area contributed by atoms with E-state index in [1.807, 2.05) is 79.7 Å². The first kappa shape index (κ1) is 42.3. The molecule has 0 radical (unpaired) electrons. The topological polar surface area (TPSA) is 45.3 Å². The fourth-order valence-electron chi connectivity index (χ4n) is 5.59. The largest absolute Gasteiger partial charge is 0.490 e. The fraction of sp³-hybridized carbons (Fsp3) is 0.455. The quantitative estimate of drug-likeness (QED) is 0.177. The van der Waals surface area contributed by atoms with E-state index in [0.717, 1.165) is 44.2 Å². The van der Waals surface area contributed by atoms with Crippen LogP contribution in [0.15, 0.2) is 97.1 Å². The SMILES string of the molecule is CC.CC.CC.CC.c1ccc2c(c1)CCCC2.c1ccc2c(c1)CCCN2.c1ccc2c(c1)CCNC2.c1ccc2c(c1)NCCO2. The fourth-order valence-corrected chi connectivity index (χ4v) is 5.59. The van der Waals surface area contributed by atoms with E-state index in [4.69, 9.17) is 4.74 Å². The van der Waals surface area contributed by atoms with Gasteiger partial charge >= 0.3 is 0 Å². The molecule has 48 heavy (non-hydrogen) atoms. The Morgan fingerprint density at radius 2 is 0.875 bits per heavy atom. The van der Waals surface area contributed by atoms with Gasteiger partial charge in [-0.15, -0.1) is 0 Å². The van der Waals surface area contributed by atoms with Gasteiger partial charge in [0.05, 0.1) is 5.69 Å². The van der Waals surface area contributed by atoms with Crippen molar-refractivity contribution in [2.45, 2.75) is 107 Å². The number of nitrogens with one attached hydrogen (secondary N) is 3. The van der Waals surface area contributed by atoms with Gasteiger partial charge in [-0.05, 0) is 97.5 Å². The molecule has 4 aromatic rings. The number of hydrogen-bond donors (Lipinski definition) is 3. The molecule has 0 saturated carbocycles. The Bertz CT molecular complexity index is 1030. The molecule has 8 rings (SSSR count). The minimum absolute atomic E-state index is 0.775. The normalized spacial score (nSPS) is 13.7. The van der Waals surface area contributed by atoms with Crippen molar-refractivity contribution in [2.24, 2.45) is 0 Å². The van der Waals surface area contributed by atoms with Crippen molar-refractivity contribution in [1.82, 2.24) is 5.32 Å². The molecule has 4 aliphatic rings. The molecular weight excluding hydrogens is 587 g/mol. The van der Waals surface area contributed by atoms with Crippen molar-refractivity contribution in [3.8, 4) is 5.75 Å². The van der Waals surface area contributed by atoms with Crippen LogP contribution in [-0.2, 0) is 32.2 Å². The summed E-state index contributed by atoms with van der Waals surface area (Å²) in [6.45, 7) is 21.0. The minimum atomic E-state index is 0.775. The van der Waals surface area contributed by atoms with Crippen LogP contribution in [0, 0.1) is 0 Å². The lowest BCUT2D eigenvalue weighted by atomic mass is 9.92. The van der Waals surface area contributed by atoms with Crippen molar-refractivity contribution in [3.63, 3.8) is 0 Å². The maximum absolute atomic E-state index is 5.36. The lowest BCUT2D eigenvalue weighted by Crippen LogP contribution is -2.23. The number of hydrogen-bond acceptors (Lipinski definition) is 4. The first-order valence-corrected chi connectivity index (χ1v) is 19.0. The smallest absolute Gasteiger partial charge is 0.142 e. The second-order valence-electron chi connectivity index (χ2n) is 10.6. The minimum Gasteiger partial charge on any atom is -0.490 e. The molecule has 0 atom stereocenters. The van der Waals surface area contributed by atoms with Crippen molar-refractivity contribution < 1.29 is 4.74 Å². The van der Waals surface area contributed by atoms with Crippen LogP contribution in [0.4, 0.5) is 11.4 Å². The third-order valence-electron chi connectivity index (χ3n) is 7.78. The first-order chi connectivity index (χ1) is 23.9. The molecule has 4 heteroatoms. The number of benzene rings is 4. The molecule has 3 heterocycles. The van der Waals surface area contributed by atoms with E-state index in [9.17, 15) is 0 Å². The third kappa shape index (κ3) is 15.4. The summed E-state index contributed by atoms with van der Waals surface area (Å²) in [7, 11) is 0. The van der Waals surface area contributed by atoms with E-state index in [0.29, 0.717) is 0 Å². The zero-order valence-electron chi connectivity index (χ0n) is 31.6. The van der Waals surface area contributed by atoms with Crippen molar-refractivity contribution in [3.05, 3.63) is 125 Å². The highest BCUT2D eigenvalue weighted by Crippen LogP contribution is 2.25. The standard InChI is InChI=1S/C10H12.2C9H11N.C8H9NO.4C2H6/c1-2-6-10-8-4-3-7-9(10)5-1;1-2-6-9-8(4-1)5-3-7-10-9;1-2-4-9-7-10-6-5-8(9)3-1;1-2-4-8-7(3-1)9-5-6-10-8;4*1-2/h1-2,5-6H,3-4,7-8H2;1-2,4,6,10H,3,5,7H2;1-4,10H,5-7H2;1-4,9H,5-6H2;4*1-2H3. The van der Waals surface area contributed by atoms with Gasteiger partial charge in [-0.25, -0.2) is 0 Å². The van der Waals surface area contributed by atoms with Gasteiger partial charge in [-0.2, -0.15) is 0 Å². The Labute approximate surface area is 295 Å². The van der Waals surface area contributed by atoms with Crippen LogP contribution in [0.1, 0.15) is 102 Å².